The number of thiol groups is 1. The Morgan fingerprint density at radius 1 is 1.36 bits per heavy atom. The van der Waals surface area contributed by atoms with E-state index in [1.54, 1.807) is 12.1 Å². The van der Waals surface area contributed by atoms with Gasteiger partial charge in [-0.3, -0.25) is 15.6 Å². The quantitative estimate of drug-likeness (QED) is 0.385. The van der Waals surface area contributed by atoms with Gasteiger partial charge in [-0.05, 0) is 18.6 Å². The van der Waals surface area contributed by atoms with Crippen LogP contribution in [0.1, 0.15) is 15.9 Å². The molecule has 0 heterocycles. The highest BCUT2D eigenvalue weighted by atomic mass is 32.1. The molecule has 2 N–H and O–H groups in total. The summed E-state index contributed by atoms with van der Waals surface area (Å²) in [5.74, 6) is -0.223. The van der Waals surface area contributed by atoms with Crippen LogP contribution in [0.2, 0.25) is 0 Å². The van der Waals surface area contributed by atoms with Crippen LogP contribution in [-0.2, 0) is 0 Å². The minimum atomic E-state index is -0.223. The van der Waals surface area contributed by atoms with E-state index in [2.05, 4.69) is 35.7 Å². The van der Waals surface area contributed by atoms with Crippen LogP contribution in [0.15, 0.2) is 24.3 Å². The first kappa shape index (κ1) is 11.0. The fraction of sp³-hybridized carbons (Fsp3) is 0.111. The number of thiocarbonyl (C=S) groups is 1. The van der Waals surface area contributed by atoms with Crippen molar-refractivity contribution in [3.8, 4) is 0 Å². The summed E-state index contributed by atoms with van der Waals surface area (Å²) in [5.41, 5.74) is 6.43. The molecule has 5 heteroatoms. The van der Waals surface area contributed by atoms with Gasteiger partial charge in [-0.25, -0.2) is 0 Å². The Kier molecular flexibility index (Phi) is 3.91. The van der Waals surface area contributed by atoms with Crippen LogP contribution in [0.5, 0.6) is 0 Å². The zero-order valence-corrected chi connectivity index (χ0v) is 9.28. The number of amides is 1. The SMILES string of the molecule is Cc1ccccc1C(=O)NNC(=S)S. The van der Waals surface area contributed by atoms with Gasteiger partial charge in [0.15, 0.2) is 0 Å². The molecule has 0 aliphatic rings. The van der Waals surface area contributed by atoms with Gasteiger partial charge in [-0.1, -0.05) is 30.4 Å². The fourth-order valence-electron chi connectivity index (χ4n) is 1.01. The monoisotopic (exact) mass is 226 g/mol. The smallest absolute Gasteiger partial charge is 0.269 e. The number of benzene rings is 1. The lowest BCUT2D eigenvalue weighted by molar-refractivity contribution is 0.0944. The van der Waals surface area contributed by atoms with Crippen LogP contribution in [0.4, 0.5) is 0 Å². The molecule has 1 aromatic carbocycles. The van der Waals surface area contributed by atoms with Gasteiger partial charge in [0.2, 0.25) is 0 Å². The third-order valence-electron chi connectivity index (χ3n) is 1.67. The Balaban J connectivity index is 2.70. The number of nitrogens with one attached hydrogen (secondary N) is 2. The molecule has 0 spiro atoms. The van der Waals surface area contributed by atoms with Gasteiger partial charge in [0.05, 0.1) is 0 Å². The molecule has 0 saturated heterocycles. The first-order valence-corrected chi connectivity index (χ1v) is 4.81. The predicted molar refractivity (Wildman–Crippen MR) is 63.4 cm³/mol. The molecule has 0 radical (unpaired) electrons. The van der Waals surface area contributed by atoms with Crippen molar-refractivity contribution in [3.05, 3.63) is 35.4 Å². The second-order valence-electron chi connectivity index (χ2n) is 2.70. The fourth-order valence-corrected chi connectivity index (χ4v) is 1.11. The van der Waals surface area contributed by atoms with E-state index in [9.17, 15) is 4.79 Å². The summed E-state index contributed by atoms with van der Waals surface area (Å²) in [6, 6.07) is 7.30. The van der Waals surface area contributed by atoms with E-state index in [1.165, 1.54) is 0 Å². The first-order valence-electron chi connectivity index (χ1n) is 3.96. The molecule has 0 bridgehead atoms. The number of aryl methyl sites for hydroxylation is 1. The van der Waals surface area contributed by atoms with Crippen molar-refractivity contribution in [3.63, 3.8) is 0 Å². The highest BCUT2D eigenvalue weighted by molar-refractivity contribution is 8.11. The van der Waals surface area contributed by atoms with Gasteiger partial charge in [0.1, 0.15) is 4.32 Å². The lowest BCUT2D eigenvalue weighted by Gasteiger charge is -2.07. The van der Waals surface area contributed by atoms with Crippen molar-refractivity contribution in [1.29, 1.82) is 0 Å². The van der Waals surface area contributed by atoms with Crippen LogP contribution in [0, 0.1) is 6.92 Å². The van der Waals surface area contributed by atoms with Gasteiger partial charge >= 0.3 is 0 Å². The average Bonchev–Trinajstić information content (AvgIpc) is 2.15. The molecule has 0 aromatic heterocycles. The van der Waals surface area contributed by atoms with Crippen molar-refractivity contribution in [2.75, 3.05) is 0 Å². The van der Waals surface area contributed by atoms with Crippen LogP contribution in [-0.4, -0.2) is 10.2 Å². The molecule has 0 saturated carbocycles. The van der Waals surface area contributed by atoms with E-state index in [4.69, 9.17) is 0 Å². The predicted octanol–water partition coefficient (Wildman–Crippen LogP) is 1.44. The van der Waals surface area contributed by atoms with Gasteiger partial charge in [0.25, 0.3) is 5.91 Å². The Morgan fingerprint density at radius 2 is 2.00 bits per heavy atom. The summed E-state index contributed by atoms with van der Waals surface area (Å²) in [6.07, 6.45) is 0. The van der Waals surface area contributed by atoms with Crippen molar-refractivity contribution in [1.82, 2.24) is 10.9 Å². The molecule has 1 amide bonds. The molecule has 0 fully saturated rings. The second-order valence-corrected chi connectivity index (χ2v) is 3.86. The van der Waals surface area contributed by atoms with Crippen LogP contribution in [0.25, 0.3) is 0 Å². The molecule has 0 unspecified atom stereocenters. The maximum absolute atomic E-state index is 11.5. The standard InChI is InChI=1S/C9H10N2OS2/c1-6-4-2-3-5-7(6)8(12)10-11-9(13)14/h2-5H,1H3,(H,10,12)(H2,11,13,14). The largest absolute Gasteiger partial charge is 0.283 e. The lowest BCUT2D eigenvalue weighted by Crippen LogP contribution is -2.39. The molecule has 74 valence electrons. The van der Waals surface area contributed by atoms with Crippen molar-refractivity contribution in [2.24, 2.45) is 0 Å². The van der Waals surface area contributed by atoms with Gasteiger partial charge in [-0.15, -0.1) is 12.6 Å². The van der Waals surface area contributed by atoms with E-state index in [0.717, 1.165) is 5.56 Å². The molecule has 1 aromatic rings. The molecule has 1 rings (SSSR count). The van der Waals surface area contributed by atoms with E-state index >= 15 is 0 Å². The van der Waals surface area contributed by atoms with E-state index < -0.39 is 0 Å². The summed E-state index contributed by atoms with van der Waals surface area (Å²) in [5, 5.41) is 0. The van der Waals surface area contributed by atoms with Crippen LogP contribution >= 0.6 is 24.8 Å². The summed E-state index contributed by atoms with van der Waals surface area (Å²) in [4.78, 5) is 11.5. The lowest BCUT2D eigenvalue weighted by atomic mass is 10.1. The number of hydrazine groups is 1. The third kappa shape index (κ3) is 3.01. The maximum Gasteiger partial charge on any atom is 0.269 e. The molecule has 0 atom stereocenters. The van der Waals surface area contributed by atoms with Gasteiger partial charge < -0.3 is 0 Å². The van der Waals surface area contributed by atoms with Gasteiger partial charge in [0, 0.05) is 5.56 Å². The summed E-state index contributed by atoms with van der Waals surface area (Å²) < 4.78 is 0.229. The second kappa shape index (κ2) is 4.97. The number of hydrogen-bond donors (Lipinski definition) is 3. The normalized spacial score (nSPS) is 9.29. The molecule has 0 aliphatic carbocycles. The Morgan fingerprint density at radius 3 is 2.57 bits per heavy atom. The molecule has 3 nitrogen and oxygen atoms in total. The highest BCUT2D eigenvalue weighted by Gasteiger charge is 2.06. The summed E-state index contributed by atoms with van der Waals surface area (Å²) in [6.45, 7) is 1.87. The number of carbonyl (C=O) groups is 1. The minimum Gasteiger partial charge on any atom is -0.283 e. The van der Waals surface area contributed by atoms with E-state index in [0.29, 0.717) is 5.56 Å². The van der Waals surface area contributed by atoms with Crippen molar-refractivity contribution in [2.45, 2.75) is 6.92 Å². The highest BCUT2D eigenvalue weighted by Crippen LogP contribution is 2.05. The topological polar surface area (TPSA) is 41.1 Å². The van der Waals surface area contributed by atoms with Crippen LogP contribution < -0.4 is 10.9 Å². The van der Waals surface area contributed by atoms with Crippen molar-refractivity contribution >= 4 is 35.1 Å². The molecular weight excluding hydrogens is 216 g/mol. The molecule has 14 heavy (non-hydrogen) atoms. The number of hydrogen-bond acceptors (Lipinski definition) is 2. The molecular formula is C9H10N2OS2. The molecule has 0 aliphatic heterocycles. The Hall–Kier alpha value is -1.07. The third-order valence-corrected chi connectivity index (χ3v) is 1.89. The van der Waals surface area contributed by atoms with Crippen molar-refractivity contribution < 1.29 is 4.79 Å². The Labute approximate surface area is 93.3 Å². The first-order chi connectivity index (χ1) is 6.61. The average molecular weight is 226 g/mol. The van der Waals surface area contributed by atoms with Crippen LogP contribution in [0.3, 0.4) is 0 Å². The summed E-state index contributed by atoms with van der Waals surface area (Å²) >= 11 is 8.45. The zero-order valence-electron chi connectivity index (χ0n) is 7.57. The zero-order chi connectivity index (χ0) is 10.6. The summed E-state index contributed by atoms with van der Waals surface area (Å²) in [7, 11) is 0. The number of rotatable bonds is 1. The Bertz CT molecular complexity index is 366. The minimum absolute atomic E-state index is 0.223. The van der Waals surface area contributed by atoms with E-state index in [-0.39, 0.29) is 10.2 Å². The van der Waals surface area contributed by atoms with E-state index in [1.807, 2.05) is 19.1 Å². The maximum atomic E-state index is 11.5. The van der Waals surface area contributed by atoms with Gasteiger partial charge in [-0.2, -0.15) is 0 Å². The number of carbonyl (C=O) groups excluding carboxylic acids is 1.